The molecule has 1 aromatic carbocycles. The highest BCUT2D eigenvalue weighted by Crippen LogP contribution is 2.17. The lowest BCUT2D eigenvalue weighted by atomic mass is 10.0. The number of hydrogen-bond acceptors (Lipinski definition) is 3. The van der Waals surface area contributed by atoms with Crippen molar-refractivity contribution in [3.63, 3.8) is 0 Å². The number of likely N-dealkylation sites (N-methyl/N-ethyl adjacent to an activating group) is 1. The second-order valence-electron chi connectivity index (χ2n) is 4.46. The summed E-state index contributed by atoms with van der Waals surface area (Å²) in [5.41, 5.74) is 2.27. The first kappa shape index (κ1) is 11.6. The molecule has 0 radical (unpaired) electrons. The molecule has 1 aromatic rings. The topological polar surface area (TPSA) is 35.5 Å². The van der Waals surface area contributed by atoms with Gasteiger partial charge in [-0.2, -0.15) is 0 Å². The highest BCUT2D eigenvalue weighted by Gasteiger charge is 2.13. The number of aliphatic hydroxyl groups excluding tert-OH is 1. The molecule has 88 valence electrons. The first-order valence-corrected chi connectivity index (χ1v) is 5.95. The van der Waals surface area contributed by atoms with Crippen LogP contribution in [0.2, 0.25) is 0 Å². The number of aliphatic hydroxyl groups is 1. The molecule has 0 bridgehead atoms. The SMILES string of the molecule is CN1CCCNC(O)c2ccccc2CC1. The van der Waals surface area contributed by atoms with E-state index < -0.39 is 6.23 Å². The maximum Gasteiger partial charge on any atom is 0.131 e. The van der Waals surface area contributed by atoms with Crippen LogP contribution in [0.4, 0.5) is 0 Å². The van der Waals surface area contributed by atoms with Crippen LogP contribution in [0.5, 0.6) is 0 Å². The number of rotatable bonds is 0. The van der Waals surface area contributed by atoms with Gasteiger partial charge in [0.25, 0.3) is 0 Å². The number of hydrogen-bond donors (Lipinski definition) is 2. The third-order valence-electron chi connectivity index (χ3n) is 3.17. The van der Waals surface area contributed by atoms with Gasteiger partial charge in [0.15, 0.2) is 0 Å². The molecule has 0 fully saturated rings. The zero-order valence-corrected chi connectivity index (χ0v) is 9.82. The van der Waals surface area contributed by atoms with Gasteiger partial charge in [0.1, 0.15) is 6.23 Å². The van der Waals surface area contributed by atoms with E-state index in [0.717, 1.165) is 38.0 Å². The van der Waals surface area contributed by atoms with Crippen LogP contribution in [0.25, 0.3) is 0 Å². The van der Waals surface area contributed by atoms with Crippen LogP contribution in [0.3, 0.4) is 0 Å². The first-order valence-electron chi connectivity index (χ1n) is 5.95. The summed E-state index contributed by atoms with van der Waals surface area (Å²) in [4.78, 5) is 2.34. The average Bonchev–Trinajstić information content (AvgIpc) is 2.31. The number of fused-ring (bicyclic) bond motifs is 1. The molecule has 0 saturated heterocycles. The molecule has 16 heavy (non-hydrogen) atoms. The minimum Gasteiger partial charge on any atom is -0.374 e. The Morgan fingerprint density at radius 2 is 2.12 bits per heavy atom. The van der Waals surface area contributed by atoms with Crippen molar-refractivity contribution in [2.24, 2.45) is 0 Å². The Balaban J connectivity index is 2.20. The molecule has 3 heteroatoms. The van der Waals surface area contributed by atoms with Crippen molar-refractivity contribution in [1.29, 1.82) is 0 Å². The van der Waals surface area contributed by atoms with E-state index >= 15 is 0 Å². The van der Waals surface area contributed by atoms with Gasteiger partial charge in [-0.15, -0.1) is 0 Å². The molecule has 1 atom stereocenters. The van der Waals surface area contributed by atoms with E-state index in [0.29, 0.717) is 0 Å². The van der Waals surface area contributed by atoms with E-state index in [1.807, 2.05) is 18.2 Å². The van der Waals surface area contributed by atoms with Gasteiger partial charge < -0.3 is 10.0 Å². The lowest BCUT2D eigenvalue weighted by Crippen LogP contribution is -2.30. The molecule has 1 aliphatic heterocycles. The lowest BCUT2D eigenvalue weighted by molar-refractivity contribution is 0.134. The summed E-state index contributed by atoms with van der Waals surface area (Å²) in [6.45, 7) is 3.01. The van der Waals surface area contributed by atoms with Crippen LogP contribution in [-0.2, 0) is 6.42 Å². The van der Waals surface area contributed by atoms with Crippen molar-refractivity contribution >= 4 is 0 Å². The van der Waals surface area contributed by atoms with Gasteiger partial charge in [0.2, 0.25) is 0 Å². The third kappa shape index (κ3) is 2.82. The maximum atomic E-state index is 10.0. The average molecular weight is 220 g/mol. The normalized spacial score (nSPS) is 23.8. The number of nitrogens with one attached hydrogen (secondary N) is 1. The Bertz CT molecular complexity index is 340. The van der Waals surface area contributed by atoms with E-state index in [1.165, 1.54) is 5.56 Å². The quantitative estimate of drug-likeness (QED) is 0.688. The summed E-state index contributed by atoms with van der Waals surface area (Å²) in [5.74, 6) is 0. The van der Waals surface area contributed by atoms with Gasteiger partial charge in [-0.25, -0.2) is 0 Å². The van der Waals surface area contributed by atoms with E-state index in [-0.39, 0.29) is 0 Å². The number of nitrogens with zero attached hydrogens (tertiary/aromatic N) is 1. The molecule has 2 N–H and O–H groups in total. The predicted octanol–water partition coefficient (Wildman–Crippen LogP) is 1.15. The smallest absolute Gasteiger partial charge is 0.131 e. The Kier molecular flexibility index (Phi) is 3.93. The van der Waals surface area contributed by atoms with Gasteiger partial charge in [0, 0.05) is 6.54 Å². The summed E-state index contributed by atoms with van der Waals surface area (Å²) < 4.78 is 0. The molecular formula is C13H20N2O. The molecule has 1 unspecified atom stereocenters. The van der Waals surface area contributed by atoms with E-state index in [1.54, 1.807) is 0 Å². The molecule has 0 spiro atoms. The fraction of sp³-hybridized carbons (Fsp3) is 0.538. The largest absolute Gasteiger partial charge is 0.374 e. The van der Waals surface area contributed by atoms with Crippen LogP contribution in [-0.4, -0.2) is 36.7 Å². The Hall–Kier alpha value is -0.900. The summed E-state index contributed by atoms with van der Waals surface area (Å²) in [6.07, 6.45) is 1.57. The van der Waals surface area contributed by atoms with Crippen molar-refractivity contribution in [1.82, 2.24) is 10.2 Å². The van der Waals surface area contributed by atoms with Gasteiger partial charge in [0.05, 0.1) is 0 Å². The molecule has 0 amide bonds. The first-order chi connectivity index (χ1) is 7.77. The van der Waals surface area contributed by atoms with Gasteiger partial charge >= 0.3 is 0 Å². The van der Waals surface area contributed by atoms with Crippen molar-refractivity contribution in [3.05, 3.63) is 35.4 Å². The number of benzene rings is 1. The Morgan fingerprint density at radius 1 is 1.31 bits per heavy atom. The Morgan fingerprint density at radius 3 is 3.00 bits per heavy atom. The monoisotopic (exact) mass is 220 g/mol. The Labute approximate surface area is 97.1 Å². The highest BCUT2D eigenvalue weighted by molar-refractivity contribution is 5.29. The van der Waals surface area contributed by atoms with E-state index in [2.05, 4.69) is 23.3 Å². The zero-order chi connectivity index (χ0) is 11.4. The molecule has 1 aliphatic rings. The fourth-order valence-electron chi connectivity index (χ4n) is 2.15. The predicted molar refractivity (Wildman–Crippen MR) is 65.2 cm³/mol. The molecule has 2 rings (SSSR count). The summed E-state index contributed by atoms with van der Waals surface area (Å²) >= 11 is 0. The van der Waals surface area contributed by atoms with Crippen LogP contribution >= 0.6 is 0 Å². The maximum absolute atomic E-state index is 10.0. The van der Waals surface area contributed by atoms with Crippen LogP contribution < -0.4 is 5.32 Å². The lowest BCUT2D eigenvalue weighted by Gasteiger charge is -2.23. The van der Waals surface area contributed by atoms with Crippen LogP contribution in [0.1, 0.15) is 23.8 Å². The molecular weight excluding hydrogens is 200 g/mol. The van der Waals surface area contributed by atoms with Gasteiger partial charge in [-0.05, 0) is 44.1 Å². The van der Waals surface area contributed by atoms with Crippen molar-refractivity contribution in [3.8, 4) is 0 Å². The van der Waals surface area contributed by atoms with Gasteiger partial charge in [-0.3, -0.25) is 5.32 Å². The molecule has 0 saturated carbocycles. The van der Waals surface area contributed by atoms with Crippen LogP contribution in [0.15, 0.2) is 24.3 Å². The fourth-order valence-corrected chi connectivity index (χ4v) is 2.15. The van der Waals surface area contributed by atoms with Crippen molar-refractivity contribution in [2.45, 2.75) is 19.1 Å². The summed E-state index contributed by atoms with van der Waals surface area (Å²) in [5, 5.41) is 13.2. The van der Waals surface area contributed by atoms with Crippen molar-refractivity contribution in [2.75, 3.05) is 26.7 Å². The third-order valence-corrected chi connectivity index (χ3v) is 3.17. The standard InChI is InChI=1S/C13H20N2O/c1-15-9-4-8-14-13(16)12-6-3-2-5-11(12)7-10-15/h2-3,5-6,13-14,16H,4,7-10H2,1H3. The van der Waals surface area contributed by atoms with E-state index in [9.17, 15) is 5.11 Å². The second-order valence-corrected chi connectivity index (χ2v) is 4.46. The molecule has 0 aromatic heterocycles. The van der Waals surface area contributed by atoms with Crippen molar-refractivity contribution < 1.29 is 5.11 Å². The minimum atomic E-state index is -0.514. The summed E-state index contributed by atoms with van der Waals surface area (Å²) in [6, 6.07) is 8.14. The molecule has 1 heterocycles. The van der Waals surface area contributed by atoms with E-state index in [4.69, 9.17) is 0 Å². The minimum absolute atomic E-state index is 0.514. The summed E-state index contributed by atoms with van der Waals surface area (Å²) in [7, 11) is 2.15. The molecule has 0 aliphatic carbocycles. The van der Waals surface area contributed by atoms with Gasteiger partial charge in [-0.1, -0.05) is 24.3 Å². The molecule has 3 nitrogen and oxygen atoms in total. The zero-order valence-electron chi connectivity index (χ0n) is 9.82. The van der Waals surface area contributed by atoms with Crippen LogP contribution in [0, 0.1) is 0 Å². The highest BCUT2D eigenvalue weighted by atomic mass is 16.3. The second kappa shape index (κ2) is 5.43.